The first kappa shape index (κ1) is 17.8. The summed E-state index contributed by atoms with van der Waals surface area (Å²) in [6.45, 7) is 5.70. The molecule has 27 heavy (non-hydrogen) atoms. The van der Waals surface area contributed by atoms with E-state index in [1.165, 1.54) is 0 Å². The van der Waals surface area contributed by atoms with Crippen LogP contribution in [0.2, 0.25) is 0 Å². The minimum atomic E-state index is -0.528. The summed E-state index contributed by atoms with van der Waals surface area (Å²) in [6.07, 6.45) is 0.256. The molecule has 0 aliphatic carbocycles. The van der Waals surface area contributed by atoms with E-state index in [4.69, 9.17) is 4.52 Å². The van der Waals surface area contributed by atoms with Crippen LogP contribution in [0.4, 0.5) is 0 Å². The van der Waals surface area contributed by atoms with Crippen LogP contribution in [0, 0.1) is 13.8 Å². The van der Waals surface area contributed by atoms with E-state index in [9.17, 15) is 9.59 Å². The van der Waals surface area contributed by atoms with Gasteiger partial charge in [0.1, 0.15) is 17.1 Å². The van der Waals surface area contributed by atoms with Crippen molar-refractivity contribution in [1.82, 2.24) is 20.4 Å². The normalized spacial score (nSPS) is 21.7. The minimum Gasteiger partial charge on any atom is -0.341 e. The lowest BCUT2D eigenvalue weighted by molar-refractivity contribution is -0.143. The number of nitrogens with one attached hydrogen (secondary N) is 1. The molecule has 1 N–H and O–H groups in total. The molecule has 2 aliphatic heterocycles. The Bertz CT molecular complexity index is 935. The van der Waals surface area contributed by atoms with Crippen molar-refractivity contribution in [3.8, 4) is 0 Å². The van der Waals surface area contributed by atoms with Gasteiger partial charge in [0, 0.05) is 5.75 Å². The van der Waals surface area contributed by atoms with Crippen LogP contribution < -0.4 is 5.32 Å². The maximum Gasteiger partial charge on any atom is 0.274 e. The number of aromatic nitrogens is 2. The van der Waals surface area contributed by atoms with E-state index < -0.39 is 6.04 Å². The standard InChI is InChI=1S/C19H20N4O3S/c1-10-4-6-13(7-5-10)8-14(24)21-15-18(25)23-16(11(2)9-27-19(15)23)17-20-12(3)22-26-17/h4-7,15,19H,8-9H2,1-3H3,(H,21,24). The fourth-order valence-corrected chi connectivity index (χ4v) is 4.58. The number of hydrogen-bond donors (Lipinski definition) is 1. The van der Waals surface area contributed by atoms with Crippen LogP contribution in [0.3, 0.4) is 0 Å². The predicted octanol–water partition coefficient (Wildman–Crippen LogP) is 2.06. The maximum atomic E-state index is 12.7. The minimum absolute atomic E-state index is 0.144. The number of carbonyl (C=O) groups excluding carboxylic acids is 2. The third-order valence-electron chi connectivity index (χ3n) is 4.69. The molecule has 3 heterocycles. The SMILES string of the molecule is CC1=C(c2nc(C)no2)N2C(=O)C(NC(=O)Cc3ccc(C)cc3)C2SC1. The van der Waals surface area contributed by atoms with Crippen LogP contribution in [0.25, 0.3) is 5.70 Å². The first-order chi connectivity index (χ1) is 12.9. The van der Waals surface area contributed by atoms with E-state index in [-0.39, 0.29) is 23.6 Å². The van der Waals surface area contributed by atoms with Crippen molar-refractivity contribution in [2.75, 3.05) is 5.75 Å². The van der Waals surface area contributed by atoms with Gasteiger partial charge in [0.2, 0.25) is 5.91 Å². The molecule has 0 radical (unpaired) electrons. The number of amides is 2. The van der Waals surface area contributed by atoms with Gasteiger partial charge in [-0.2, -0.15) is 4.98 Å². The molecule has 8 heteroatoms. The van der Waals surface area contributed by atoms with Crippen molar-refractivity contribution in [3.63, 3.8) is 0 Å². The highest BCUT2D eigenvalue weighted by atomic mass is 32.2. The van der Waals surface area contributed by atoms with Gasteiger partial charge < -0.3 is 9.84 Å². The summed E-state index contributed by atoms with van der Waals surface area (Å²) in [4.78, 5) is 31.1. The van der Waals surface area contributed by atoms with Crippen molar-refractivity contribution in [2.45, 2.75) is 38.6 Å². The molecule has 2 atom stereocenters. The Labute approximate surface area is 161 Å². The van der Waals surface area contributed by atoms with Crippen LogP contribution >= 0.6 is 11.8 Å². The van der Waals surface area contributed by atoms with Crippen molar-refractivity contribution in [1.29, 1.82) is 0 Å². The molecule has 2 amide bonds. The number of aryl methyl sites for hydroxylation is 2. The monoisotopic (exact) mass is 384 g/mol. The predicted molar refractivity (Wildman–Crippen MR) is 102 cm³/mol. The van der Waals surface area contributed by atoms with Crippen LogP contribution in [0.1, 0.15) is 29.8 Å². The van der Waals surface area contributed by atoms with E-state index in [1.807, 2.05) is 38.1 Å². The Hall–Kier alpha value is -2.61. The summed E-state index contributed by atoms with van der Waals surface area (Å²) < 4.78 is 5.27. The van der Waals surface area contributed by atoms with E-state index in [0.717, 1.165) is 22.5 Å². The van der Waals surface area contributed by atoms with Gasteiger partial charge in [-0.1, -0.05) is 35.0 Å². The molecule has 140 valence electrons. The molecule has 4 rings (SSSR count). The van der Waals surface area contributed by atoms with Gasteiger partial charge in [-0.25, -0.2) is 0 Å². The Morgan fingerprint density at radius 1 is 1.30 bits per heavy atom. The molecule has 1 saturated heterocycles. The second kappa shape index (κ2) is 6.84. The maximum absolute atomic E-state index is 12.7. The third-order valence-corrected chi connectivity index (χ3v) is 6.11. The molecule has 1 fully saturated rings. The summed E-state index contributed by atoms with van der Waals surface area (Å²) >= 11 is 1.63. The molecule has 1 aromatic carbocycles. The molecule has 0 spiro atoms. The number of rotatable bonds is 4. The molecular formula is C19H20N4O3S. The zero-order chi connectivity index (χ0) is 19.1. The van der Waals surface area contributed by atoms with Gasteiger partial charge in [0.05, 0.1) is 6.42 Å². The van der Waals surface area contributed by atoms with Crippen LogP contribution in [-0.2, 0) is 16.0 Å². The van der Waals surface area contributed by atoms with Gasteiger partial charge in [-0.15, -0.1) is 11.8 Å². The van der Waals surface area contributed by atoms with Gasteiger partial charge in [-0.3, -0.25) is 14.5 Å². The third kappa shape index (κ3) is 3.25. The van der Waals surface area contributed by atoms with E-state index >= 15 is 0 Å². The number of thioether (sulfide) groups is 1. The lowest BCUT2D eigenvalue weighted by atomic mass is 10.0. The van der Waals surface area contributed by atoms with E-state index in [0.29, 0.717) is 17.4 Å². The molecule has 1 aromatic heterocycles. The molecule has 2 aliphatic rings. The molecule has 2 unspecified atom stereocenters. The van der Waals surface area contributed by atoms with Crippen LogP contribution in [0.5, 0.6) is 0 Å². The fraction of sp³-hybridized carbons (Fsp3) is 0.368. The Kier molecular flexibility index (Phi) is 4.51. The molecule has 0 saturated carbocycles. The van der Waals surface area contributed by atoms with Gasteiger partial charge >= 0.3 is 0 Å². The number of hydrogen-bond acceptors (Lipinski definition) is 6. The number of fused-ring (bicyclic) bond motifs is 1. The molecule has 0 bridgehead atoms. The Morgan fingerprint density at radius 2 is 2.04 bits per heavy atom. The molecule has 7 nitrogen and oxygen atoms in total. The van der Waals surface area contributed by atoms with E-state index in [2.05, 4.69) is 15.5 Å². The quantitative estimate of drug-likeness (QED) is 0.812. The first-order valence-corrected chi connectivity index (χ1v) is 9.79. The first-order valence-electron chi connectivity index (χ1n) is 8.74. The summed E-state index contributed by atoms with van der Waals surface area (Å²) in [7, 11) is 0. The van der Waals surface area contributed by atoms with Gasteiger partial charge in [0.25, 0.3) is 11.8 Å². The topological polar surface area (TPSA) is 88.3 Å². The van der Waals surface area contributed by atoms with Gasteiger partial charge in [0.15, 0.2) is 5.82 Å². The fourth-order valence-electron chi connectivity index (χ4n) is 3.28. The summed E-state index contributed by atoms with van der Waals surface area (Å²) in [5.41, 5.74) is 3.76. The van der Waals surface area contributed by atoms with Gasteiger partial charge in [-0.05, 0) is 31.9 Å². The average Bonchev–Trinajstić information content (AvgIpc) is 3.07. The molecule has 2 aromatic rings. The second-order valence-electron chi connectivity index (χ2n) is 6.89. The van der Waals surface area contributed by atoms with Crippen LogP contribution in [-0.4, -0.2) is 44.0 Å². The number of benzene rings is 1. The van der Waals surface area contributed by atoms with Crippen molar-refractivity contribution < 1.29 is 14.1 Å². The molecular weight excluding hydrogens is 364 g/mol. The zero-order valence-electron chi connectivity index (χ0n) is 15.4. The second-order valence-corrected chi connectivity index (χ2v) is 8.00. The smallest absolute Gasteiger partial charge is 0.274 e. The Morgan fingerprint density at radius 3 is 2.70 bits per heavy atom. The number of β-lactam (4-membered cyclic amide) rings is 1. The largest absolute Gasteiger partial charge is 0.341 e. The zero-order valence-corrected chi connectivity index (χ0v) is 16.2. The highest BCUT2D eigenvalue weighted by Gasteiger charge is 2.53. The summed E-state index contributed by atoms with van der Waals surface area (Å²) in [6, 6.07) is 7.28. The lowest BCUT2D eigenvalue weighted by Crippen LogP contribution is -2.69. The highest BCUT2D eigenvalue weighted by molar-refractivity contribution is 8.00. The average molecular weight is 384 g/mol. The van der Waals surface area contributed by atoms with Crippen molar-refractivity contribution >= 4 is 29.3 Å². The number of nitrogens with zero attached hydrogens (tertiary/aromatic N) is 3. The summed E-state index contributed by atoms with van der Waals surface area (Å²) in [5.74, 6) is 1.33. The number of carbonyl (C=O) groups is 2. The van der Waals surface area contributed by atoms with Crippen molar-refractivity contribution in [2.24, 2.45) is 0 Å². The lowest BCUT2D eigenvalue weighted by Gasteiger charge is -2.49. The highest BCUT2D eigenvalue weighted by Crippen LogP contribution is 2.43. The van der Waals surface area contributed by atoms with E-state index in [1.54, 1.807) is 23.6 Å². The van der Waals surface area contributed by atoms with Crippen molar-refractivity contribution in [3.05, 3.63) is 52.7 Å². The van der Waals surface area contributed by atoms with Crippen LogP contribution in [0.15, 0.2) is 34.4 Å². The Balaban J connectivity index is 1.46. The summed E-state index contributed by atoms with van der Waals surface area (Å²) in [5, 5.41) is 6.55.